The van der Waals surface area contributed by atoms with Crippen molar-refractivity contribution in [3.63, 3.8) is 0 Å². The van der Waals surface area contributed by atoms with Crippen molar-refractivity contribution in [1.82, 2.24) is 4.98 Å². The number of rotatable bonds is 3. The molecule has 1 aliphatic rings. The second-order valence-electron chi connectivity index (χ2n) is 5.52. The van der Waals surface area contributed by atoms with Gasteiger partial charge in [0.1, 0.15) is 0 Å². The van der Waals surface area contributed by atoms with Gasteiger partial charge in [-0.3, -0.25) is 4.98 Å². The van der Waals surface area contributed by atoms with Gasteiger partial charge in [-0.2, -0.15) is 5.26 Å². The number of hydrogen-bond donors (Lipinski definition) is 0. The van der Waals surface area contributed by atoms with E-state index in [-0.39, 0.29) is 5.92 Å². The van der Waals surface area contributed by atoms with Crippen molar-refractivity contribution in [2.45, 2.75) is 38.0 Å². The number of fused-ring (bicyclic) bond motifs is 1. The van der Waals surface area contributed by atoms with Crippen LogP contribution in [0.5, 0.6) is 0 Å². The van der Waals surface area contributed by atoms with Gasteiger partial charge in [0.2, 0.25) is 0 Å². The molecule has 1 saturated carbocycles. The third-order valence-electron chi connectivity index (χ3n) is 4.23. The highest BCUT2D eigenvalue weighted by Crippen LogP contribution is 2.34. The van der Waals surface area contributed by atoms with Gasteiger partial charge in [0.05, 0.1) is 17.5 Å². The summed E-state index contributed by atoms with van der Waals surface area (Å²) in [5.41, 5.74) is 2.15. The molecule has 1 aromatic carbocycles. The van der Waals surface area contributed by atoms with Gasteiger partial charge in [-0.05, 0) is 36.1 Å². The summed E-state index contributed by atoms with van der Waals surface area (Å²) in [7, 11) is 0. The lowest BCUT2D eigenvalue weighted by molar-refractivity contribution is 0.482. The van der Waals surface area contributed by atoms with Crippen molar-refractivity contribution < 1.29 is 0 Å². The molecule has 0 unspecified atom stereocenters. The Hall–Kier alpha value is -1.88. The van der Waals surface area contributed by atoms with Gasteiger partial charge in [0, 0.05) is 11.6 Å². The Kier molecular flexibility index (Phi) is 3.46. The average Bonchev–Trinajstić information content (AvgIpc) is 2.97. The van der Waals surface area contributed by atoms with E-state index >= 15 is 0 Å². The Balaban J connectivity index is 1.86. The van der Waals surface area contributed by atoms with Gasteiger partial charge in [0.15, 0.2) is 0 Å². The predicted molar refractivity (Wildman–Crippen MR) is 76.7 cm³/mol. The summed E-state index contributed by atoms with van der Waals surface area (Å²) in [6.07, 6.45) is 8.10. The Labute approximate surface area is 114 Å². The summed E-state index contributed by atoms with van der Waals surface area (Å²) >= 11 is 0. The average molecular weight is 250 g/mol. The molecule has 0 N–H and O–H groups in total. The molecule has 3 rings (SSSR count). The molecular weight excluding hydrogens is 232 g/mol. The maximum absolute atomic E-state index is 9.45. The van der Waals surface area contributed by atoms with Crippen molar-refractivity contribution >= 4 is 10.9 Å². The van der Waals surface area contributed by atoms with E-state index < -0.39 is 0 Å². The molecule has 2 aromatic rings. The molecule has 0 aliphatic heterocycles. The van der Waals surface area contributed by atoms with E-state index in [1.807, 2.05) is 18.3 Å². The van der Waals surface area contributed by atoms with Crippen molar-refractivity contribution in [3.8, 4) is 6.07 Å². The van der Waals surface area contributed by atoms with Gasteiger partial charge in [-0.15, -0.1) is 0 Å². The fourth-order valence-corrected chi connectivity index (χ4v) is 3.15. The molecule has 1 heterocycles. The zero-order valence-corrected chi connectivity index (χ0v) is 11.0. The van der Waals surface area contributed by atoms with Gasteiger partial charge >= 0.3 is 0 Å². The lowest BCUT2D eigenvalue weighted by atomic mass is 9.88. The highest BCUT2D eigenvalue weighted by atomic mass is 14.6. The molecule has 2 nitrogen and oxygen atoms in total. The highest BCUT2D eigenvalue weighted by molar-refractivity contribution is 5.79. The van der Waals surface area contributed by atoms with Crippen LogP contribution >= 0.6 is 0 Å². The minimum Gasteiger partial charge on any atom is -0.256 e. The Bertz CT molecular complexity index is 606. The number of nitriles is 1. The van der Waals surface area contributed by atoms with Crippen LogP contribution in [-0.4, -0.2) is 4.98 Å². The van der Waals surface area contributed by atoms with Crippen LogP contribution < -0.4 is 0 Å². The fourth-order valence-electron chi connectivity index (χ4n) is 3.15. The van der Waals surface area contributed by atoms with E-state index in [0.29, 0.717) is 0 Å². The van der Waals surface area contributed by atoms with Crippen LogP contribution in [-0.2, 0) is 0 Å². The van der Waals surface area contributed by atoms with E-state index in [0.717, 1.165) is 28.8 Å². The summed E-state index contributed by atoms with van der Waals surface area (Å²) in [5, 5.41) is 10.6. The second-order valence-corrected chi connectivity index (χ2v) is 5.52. The third kappa shape index (κ3) is 2.61. The van der Waals surface area contributed by atoms with E-state index in [9.17, 15) is 5.26 Å². The lowest BCUT2D eigenvalue weighted by Gasteiger charge is -2.14. The maximum Gasteiger partial charge on any atom is 0.0715 e. The fraction of sp³-hybridized carbons (Fsp3) is 0.412. The Morgan fingerprint density at radius 3 is 2.89 bits per heavy atom. The van der Waals surface area contributed by atoms with Gasteiger partial charge in [0.25, 0.3) is 0 Å². The van der Waals surface area contributed by atoms with Crippen molar-refractivity contribution in [1.29, 1.82) is 5.26 Å². The van der Waals surface area contributed by atoms with Crippen molar-refractivity contribution in [2.75, 3.05) is 0 Å². The minimum absolute atomic E-state index is 0.0349. The molecule has 0 amide bonds. The molecular formula is C17H18N2. The van der Waals surface area contributed by atoms with Crippen LogP contribution in [0.2, 0.25) is 0 Å². The molecule has 2 heteroatoms. The van der Waals surface area contributed by atoms with Gasteiger partial charge < -0.3 is 0 Å². The van der Waals surface area contributed by atoms with Crippen LogP contribution in [0.15, 0.2) is 36.5 Å². The summed E-state index contributed by atoms with van der Waals surface area (Å²) < 4.78 is 0. The molecule has 19 heavy (non-hydrogen) atoms. The molecule has 0 spiro atoms. The number of pyridine rings is 1. The number of benzene rings is 1. The predicted octanol–water partition coefficient (Wildman–Crippen LogP) is 4.42. The zero-order valence-electron chi connectivity index (χ0n) is 11.0. The first-order chi connectivity index (χ1) is 9.36. The number of hydrogen-bond acceptors (Lipinski definition) is 2. The molecule has 0 radical (unpaired) electrons. The summed E-state index contributed by atoms with van der Waals surface area (Å²) in [6.45, 7) is 0. The van der Waals surface area contributed by atoms with Crippen molar-refractivity contribution in [2.24, 2.45) is 5.92 Å². The molecule has 96 valence electrons. The monoisotopic (exact) mass is 250 g/mol. The first kappa shape index (κ1) is 12.2. The first-order valence-electron chi connectivity index (χ1n) is 7.11. The topological polar surface area (TPSA) is 36.7 Å². The minimum atomic E-state index is 0.0349. The maximum atomic E-state index is 9.45. The third-order valence-corrected chi connectivity index (χ3v) is 4.23. The van der Waals surface area contributed by atoms with Gasteiger partial charge in [-0.1, -0.05) is 37.8 Å². The van der Waals surface area contributed by atoms with E-state index in [1.54, 1.807) is 0 Å². The molecule has 1 atom stereocenters. The molecule has 1 aromatic heterocycles. The van der Waals surface area contributed by atoms with E-state index in [2.05, 4.69) is 29.3 Å². The largest absolute Gasteiger partial charge is 0.256 e. The SMILES string of the molecule is N#C[C@H](CC1CCCC1)c1ccc2ncccc2c1. The summed E-state index contributed by atoms with van der Waals surface area (Å²) in [6, 6.07) is 12.7. The van der Waals surface area contributed by atoms with Gasteiger partial charge in [-0.25, -0.2) is 0 Å². The quantitative estimate of drug-likeness (QED) is 0.808. The first-order valence-corrected chi connectivity index (χ1v) is 7.11. The zero-order chi connectivity index (χ0) is 13.1. The van der Waals surface area contributed by atoms with Crippen LogP contribution in [0.25, 0.3) is 10.9 Å². The van der Waals surface area contributed by atoms with Crippen LogP contribution in [0.1, 0.15) is 43.6 Å². The molecule has 0 saturated heterocycles. The van der Waals surface area contributed by atoms with Crippen molar-refractivity contribution in [3.05, 3.63) is 42.1 Å². The lowest BCUT2D eigenvalue weighted by Crippen LogP contribution is -2.03. The van der Waals surface area contributed by atoms with Crippen LogP contribution in [0, 0.1) is 17.2 Å². The standard InChI is InChI=1S/C17H18N2/c18-12-16(10-13-4-1-2-5-13)14-7-8-17-15(11-14)6-3-9-19-17/h3,6-9,11,13,16H,1-2,4-5,10H2/t16-/m0/s1. The second kappa shape index (κ2) is 5.40. The summed E-state index contributed by atoms with van der Waals surface area (Å²) in [5.74, 6) is 0.780. The van der Waals surface area contributed by atoms with Crippen LogP contribution in [0.3, 0.4) is 0 Å². The van der Waals surface area contributed by atoms with E-state index in [4.69, 9.17) is 0 Å². The van der Waals surface area contributed by atoms with E-state index in [1.165, 1.54) is 25.7 Å². The summed E-state index contributed by atoms with van der Waals surface area (Å²) in [4.78, 5) is 4.33. The highest BCUT2D eigenvalue weighted by Gasteiger charge is 2.21. The molecule has 0 bridgehead atoms. The Morgan fingerprint density at radius 1 is 1.26 bits per heavy atom. The van der Waals surface area contributed by atoms with Crippen LogP contribution in [0.4, 0.5) is 0 Å². The molecule has 1 fully saturated rings. The smallest absolute Gasteiger partial charge is 0.0715 e. The molecule has 1 aliphatic carbocycles. The number of nitrogens with zero attached hydrogens (tertiary/aromatic N) is 2. The Morgan fingerprint density at radius 2 is 2.11 bits per heavy atom. The number of aromatic nitrogens is 1. The normalized spacial score (nSPS) is 17.4.